The molecule has 2 heterocycles. The van der Waals surface area contributed by atoms with Gasteiger partial charge in [-0.2, -0.15) is 0 Å². The van der Waals surface area contributed by atoms with Crippen LogP contribution < -0.4 is 20.7 Å². The molecule has 31 heavy (non-hydrogen) atoms. The van der Waals surface area contributed by atoms with Crippen LogP contribution in [0.5, 0.6) is 5.75 Å². The van der Waals surface area contributed by atoms with E-state index >= 15 is 0 Å². The van der Waals surface area contributed by atoms with Crippen molar-refractivity contribution in [3.8, 4) is 5.75 Å². The number of anilines is 3. The molecule has 0 aliphatic heterocycles. The van der Waals surface area contributed by atoms with Crippen molar-refractivity contribution in [2.45, 2.75) is 20.8 Å². The van der Waals surface area contributed by atoms with E-state index in [1.165, 1.54) is 20.2 Å². The second-order valence-corrected chi connectivity index (χ2v) is 6.75. The van der Waals surface area contributed by atoms with Gasteiger partial charge in [0.15, 0.2) is 11.5 Å². The van der Waals surface area contributed by atoms with E-state index < -0.39 is 11.8 Å². The van der Waals surface area contributed by atoms with E-state index in [4.69, 9.17) is 4.74 Å². The number of rotatable bonds is 6. The third kappa shape index (κ3) is 4.92. The van der Waals surface area contributed by atoms with Gasteiger partial charge in [-0.1, -0.05) is 12.1 Å². The highest BCUT2D eigenvalue weighted by molar-refractivity contribution is 6.09. The number of carbonyl (C=O) groups excluding carboxylic acids is 2. The summed E-state index contributed by atoms with van der Waals surface area (Å²) in [7, 11) is 2.97. The lowest BCUT2D eigenvalue weighted by Gasteiger charge is -2.14. The summed E-state index contributed by atoms with van der Waals surface area (Å²) in [5.74, 6) is 0.935. The quantitative estimate of drug-likeness (QED) is 0.553. The summed E-state index contributed by atoms with van der Waals surface area (Å²) < 4.78 is 5.36. The number of para-hydroxylation sites is 1. The van der Waals surface area contributed by atoms with Crippen LogP contribution in [0.25, 0.3) is 0 Å². The van der Waals surface area contributed by atoms with Gasteiger partial charge in [-0.3, -0.25) is 9.59 Å². The SMILES string of the molecule is CNC(=O)c1nnc(Nc2cc(C)nc(C)n2)cc1NC(=O)c1cccc(C)c1OC. The smallest absolute Gasteiger partial charge is 0.273 e. The van der Waals surface area contributed by atoms with Crippen molar-refractivity contribution >= 4 is 29.1 Å². The number of ether oxygens (including phenoxy) is 1. The molecule has 2 amide bonds. The van der Waals surface area contributed by atoms with Gasteiger partial charge in [-0.05, 0) is 32.4 Å². The van der Waals surface area contributed by atoms with E-state index in [2.05, 4.69) is 36.1 Å². The van der Waals surface area contributed by atoms with Crippen LogP contribution in [-0.4, -0.2) is 46.1 Å². The van der Waals surface area contributed by atoms with Crippen LogP contribution >= 0.6 is 0 Å². The maximum absolute atomic E-state index is 13.0. The molecule has 0 aliphatic carbocycles. The molecule has 10 heteroatoms. The van der Waals surface area contributed by atoms with Crippen LogP contribution in [0.1, 0.15) is 37.9 Å². The topological polar surface area (TPSA) is 131 Å². The Labute approximate surface area is 179 Å². The lowest BCUT2D eigenvalue weighted by molar-refractivity contribution is 0.0958. The molecule has 0 spiro atoms. The van der Waals surface area contributed by atoms with Crippen molar-refractivity contribution in [1.82, 2.24) is 25.5 Å². The van der Waals surface area contributed by atoms with E-state index in [0.717, 1.165) is 11.3 Å². The monoisotopic (exact) mass is 421 g/mol. The maximum Gasteiger partial charge on any atom is 0.273 e. The highest BCUT2D eigenvalue weighted by Gasteiger charge is 2.20. The van der Waals surface area contributed by atoms with Gasteiger partial charge < -0.3 is 20.7 Å². The van der Waals surface area contributed by atoms with E-state index in [1.54, 1.807) is 25.1 Å². The summed E-state index contributed by atoms with van der Waals surface area (Å²) in [6.07, 6.45) is 0. The molecule has 0 atom stereocenters. The molecular weight excluding hydrogens is 398 g/mol. The van der Waals surface area contributed by atoms with Crippen molar-refractivity contribution in [2.24, 2.45) is 0 Å². The predicted octanol–water partition coefficient (Wildman–Crippen LogP) is 2.56. The number of nitrogens with zero attached hydrogens (tertiary/aromatic N) is 4. The number of benzene rings is 1. The van der Waals surface area contributed by atoms with Gasteiger partial charge in [0.05, 0.1) is 18.4 Å². The molecule has 3 aromatic rings. The van der Waals surface area contributed by atoms with Gasteiger partial charge in [0, 0.05) is 24.9 Å². The standard InChI is InChI=1S/C21H23N7O3/c1-11-7-6-8-14(19(11)31-5)20(29)25-15-10-17(27-28-18(15)21(30)22-4)26-16-9-12(2)23-13(3)24-16/h6-10H,1-5H3,(H,22,30)(H2,23,24,25,26,27,29). The first-order valence-corrected chi connectivity index (χ1v) is 9.46. The van der Waals surface area contributed by atoms with Crippen molar-refractivity contribution in [3.05, 3.63) is 58.7 Å². The van der Waals surface area contributed by atoms with Crippen molar-refractivity contribution in [2.75, 3.05) is 24.8 Å². The molecule has 0 saturated carbocycles. The van der Waals surface area contributed by atoms with Gasteiger partial charge in [0.2, 0.25) is 0 Å². The Balaban J connectivity index is 1.97. The molecule has 160 valence electrons. The molecule has 3 rings (SSSR count). The largest absolute Gasteiger partial charge is 0.496 e. The third-order valence-electron chi connectivity index (χ3n) is 4.37. The second kappa shape index (κ2) is 9.16. The fourth-order valence-electron chi connectivity index (χ4n) is 3.04. The number of methoxy groups -OCH3 is 1. The predicted molar refractivity (Wildman–Crippen MR) is 116 cm³/mol. The summed E-state index contributed by atoms with van der Waals surface area (Å²) >= 11 is 0. The zero-order valence-electron chi connectivity index (χ0n) is 17.9. The number of hydrogen-bond acceptors (Lipinski definition) is 8. The van der Waals surface area contributed by atoms with Crippen molar-refractivity contribution < 1.29 is 14.3 Å². The number of carbonyl (C=O) groups is 2. The number of hydrogen-bond donors (Lipinski definition) is 3. The Kier molecular flexibility index (Phi) is 6.39. The Morgan fingerprint density at radius 3 is 2.42 bits per heavy atom. The van der Waals surface area contributed by atoms with Crippen molar-refractivity contribution in [3.63, 3.8) is 0 Å². The minimum absolute atomic E-state index is 0.0249. The summed E-state index contributed by atoms with van der Waals surface area (Å²) in [5.41, 5.74) is 2.09. The first kappa shape index (κ1) is 21.6. The van der Waals surface area contributed by atoms with Gasteiger partial charge in [-0.25, -0.2) is 9.97 Å². The van der Waals surface area contributed by atoms with Crippen LogP contribution in [0, 0.1) is 20.8 Å². The molecule has 0 aliphatic rings. The van der Waals surface area contributed by atoms with E-state index in [-0.39, 0.29) is 11.4 Å². The molecule has 3 N–H and O–H groups in total. The molecule has 0 unspecified atom stereocenters. The number of aromatic nitrogens is 4. The lowest BCUT2D eigenvalue weighted by Crippen LogP contribution is -2.24. The Morgan fingerprint density at radius 1 is 0.968 bits per heavy atom. The van der Waals surface area contributed by atoms with Gasteiger partial charge in [-0.15, -0.1) is 10.2 Å². The summed E-state index contributed by atoms with van der Waals surface area (Å²) in [6.45, 7) is 5.47. The molecule has 0 bridgehead atoms. The van der Waals surface area contributed by atoms with Crippen LogP contribution in [-0.2, 0) is 0 Å². The van der Waals surface area contributed by atoms with Gasteiger partial charge >= 0.3 is 0 Å². The Bertz CT molecular complexity index is 1130. The highest BCUT2D eigenvalue weighted by atomic mass is 16.5. The number of aryl methyl sites for hydroxylation is 3. The van der Waals surface area contributed by atoms with E-state index in [0.29, 0.717) is 28.8 Å². The zero-order valence-corrected chi connectivity index (χ0v) is 17.9. The first-order valence-electron chi connectivity index (χ1n) is 9.46. The normalized spacial score (nSPS) is 10.4. The fraction of sp³-hybridized carbons (Fsp3) is 0.238. The number of amides is 2. The third-order valence-corrected chi connectivity index (χ3v) is 4.37. The fourth-order valence-corrected chi connectivity index (χ4v) is 3.04. The van der Waals surface area contributed by atoms with E-state index in [1.807, 2.05) is 19.9 Å². The van der Waals surface area contributed by atoms with Crippen LogP contribution in [0.4, 0.5) is 17.3 Å². The Hall–Kier alpha value is -4.08. The first-order chi connectivity index (χ1) is 14.8. The molecular formula is C21H23N7O3. The summed E-state index contributed by atoms with van der Waals surface area (Å²) in [4.78, 5) is 33.7. The van der Waals surface area contributed by atoms with Crippen molar-refractivity contribution in [1.29, 1.82) is 0 Å². The van der Waals surface area contributed by atoms with Gasteiger partial charge in [0.1, 0.15) is 17.4 Å². The number of nitrogens with one attached hydrogen (secondary N) is 3. The van der Waals surface area contributed by atoms with Gasteiger partial charge in [0.25, 0.3) is 11.8 Å². The zero-order chi connectivity index (χ0) is 22.5. The second-order valence-electron chi connectivity index (χ2n) is 6.75. The molecule has 10 nitrogen and oxygen atoms in total. The molecule has 2 aromatic heterocycles. The summed E-state index contributed by atoms with van der Waals surface area (Å²) in [6, 6.07) is 8.50. The highest BCUT2D eigenvalue weighted by Crippen LogP contribution is 2.25. The molecule has 0 radical (unpaired) electrons. The minimum atomic E-state index is -0.487. The van der Waals surface area contributed by atoms with Crippen LogP contribution in [0.2, 0.25) is 0 Å². The van der Waals surface area contributed by atoms with E-state index in [9.17, 15) is 9.59 Å². The molecule has 0 fully saturated rings. The lowest BCUT2D eigenvalue weighted by atomic mass is 10.1. The van der Waals surface area contributed by atoms with Crippen LogP contribution in [0.3, 0.4) is 0 Å². The maximum atomic E-state index is 13.0. The average molecular weight is 421 g/mol. The Morgan fingerprint density at radius 2 is 1.74 bits per heavy atom. The average Bonchev–Trinajstić information content (AvgIpc) is 2.72. The minimum Gasteiger partial charge on any atom is -0.496 e. The molecule has 0 saturated heterocycles. The van der Waals surface area contributed by atoms with Crippen LogP contribution in [0.15, 0.2) is 30.3 Å². The molecule has 1 aromatic carbocycles. The summed E-state index contributed by atoms with van der Waals surface area (Å²) in [5, 5.41) is 16.3.